The first-order chi connectivity index (χ1) is 16.1. The zero-order valence-corrected chi connectivity index (χ0v) is 18.7. The van der Waals surface area contributed by atoms with Crippen molar-refractivity contribution >= 4 is 11.6 Å². The Balaban J connectivity index is 1.22. The maximum Gasteiger partial charge on any atom is 0.243 e. The lowest BCUT2D eigenvalue weighted by Crippen LogP contribution is -2.59. The second-order valence-electron chi connectivity index (χ2n) is 9.87. The van der Waals surface area contributed by atoms with Crippen LogP contribution in [0.15, 0.2) is 43.0 Å². The van der Waals surface area contributed by atoms with Crippen LogP contribution in [0.2, 0.25) is 0 Å². The average Bonchev–Trinajstić information content (AvgIpc) is 3.25. The number of fused-ring (bicyclic) bond motifs is 1. The van der Waals surface area contributed by atoms with E-state index in [0.717, 1.165) is 31.4 Å². The number of hydrogen-bond donors (Lipinski definition) is 5. The van der Waals surface area contributed by atoms with Gasteiger partial charge in [0.1, 0.15) is 6.04 Å². The zero-order valence-electron chi connectivity index (χ0n) is 18.7. The molecule has 0 aromatic carbocycles. The van der Waals surface area contributed by atoms with Gasteiger partial charge in [-0.15, -0.1) is 0 Å². The molecule has 2 saturated heterocycles. The molecule has 4 heterocycles. The van der Waals surface area contributed by atoms with Gasteiger partial charge in [-0.3, -0.25) is 25.1 Å². The van der Waals surface area contributed by atoms with E-state index < -0.39 is 0 Å². The molecule has 5 N–H and O–H groups in total. The van der Waals surface area contributed by atoms with Crippen LogP contribution in [0, 0.1) is 11.3 Å². The summed E-state index contributed by atoms with van der Waals surface area (Å²) in [6.45, 7) is 2.19. The summed E-state index contributed by atoms with van der Waals surface area (Å²) in [5, 5.41) is 22.0. The summed E-state index contributed by atoms with van der Waals surface area (Å²) < 4.78 is 0. The average molecular weight is 453 g/mol. The first-order valence-corrected chi connectivity index (χ1v) is 11.7. The Morgan fingerprint density at radius 2 is 2.00 bits per heavy atom. The molecule has 4 unspecified atom stereocenters. The lowest BCUT2D eigenvalue weighted by molar-refractivity contribution is -0.119. The third-order valence-electron chi connectivity index (χ3n) is 7.45. The minimum Gasteiger partial charge on any atom is -0.396 e. The Hall–Kier alpha value is -2.43. The van der Waals surface area contributed by atoms with Crippen LogP contribution in [0.5, 0.6) is 0 Å². The fourth-order valence-electron chi connectivity index (χ4n) is 5.62. The fourth-order valence-corrected chi connectivity index (χ4v) is 5.62. The summed E-state index contributed by atoms with van der Waals surface area (Å²) in [6, 6.07) is 5.88. The molecule has 3 aliphatic rings. The Kier molecular flexibility index (Phi) is 6.40. The van der Waals surface area contributed by atoms with Gasteiger partial charge in [-0.25, -0.2) is 5.43 Å². The molecule has 9 nitrogen and oxygen atoms in total. The number of anilines is 1. The van der Waals surface area contributed by atoms with Crippen molar-refractivity contribution in [3.8, 4) is 0 Å². The van der Waals surface area contributed by atoms with Crippen molar-refractivity contribution < 1.29 is 15.0 Å². The Labute approximate surface area is 193 Å². The predicted octanol–water partition coefficient (Wildman–Crippen LogP) is 0.631. The van der Waals surface area contributed by atoms with Crippen LogP contribution < -0.4 is 16.2 Å². The van der Waals surface area contributed by atoms with Gasteiger partial charge in [-0.1, -0.05) is 6.07 Å². The summed E-state index contributed by atoms with van der Waals surface area (Å²) in [4.78, 5) is 23.7. The summed E-state index contributed by atoms with van der Waals surface area (Å²) in [6.07, 6.45) is 10.2. The van der Waals surface area contributed by atoms with Crippen LogP contribution in [0.25, 0.3) is 0 Å². The van der Waals surface area contributed by atoms with E-state index in [1.165, 1.54) is 5.56 Å². The number of nitrogens with one attached hydrogen (secondary N) is 3. The highest BCUT2D eigenvalue weighted by atomic mass is 16.3. The highest BCUT2D eigenvalue weighted by Gasteiger charge is 2.44. The number of hydrogen-bond acceptors (Lipinski definition) is 8. The van der Waals surface area contributed by atoms with Crippen molar-refractivity contribution in [3.63, 3.8) is 0 Å². The van der Waals surface area contributed by atoms with Crippen LogP contribution in [0.4, 0.5) is 5.69 Å². The van der Waals surface area contributed by atoms with Gasteiger partial charge in [0.05, 0.1) is 25.1 Å². The maximum absolute atomic E-state index is 12.9. The van der Waals surface area contributed by atoms with E-state index in [1.54, 1.807) is 12.4 Å². The number of aliphatic hydroxyl groups excluding tert-OH is 2. The second-order valence-corrected chi connectivity index (χ2v) is 9.87. The summed E-state index contributed by atoms with van der Waals surface area (Å²) in [5.41, 5.74) is 9.25. The van der Waals surface area contributed by atoms with Crippen LogP contribution in [-0.4, -0.2) is 69.4 Å². The Morgan fingerprint density at radius 3 is 2.76 bits per heavy atom. The van der Waals surface area contributed by atoms with Crippen molar-refractivity contribution in [2.75, 3.05) is 31.6 Å². The molecule has 1 saturated carbocycles. The molecular formula is C24H32N6O3. The summed E-state index contributed by atoms with van der Waals surface area (Å²) in [7, 11) is 0. The van der Waals surface area contributed by atoms with Crippen molar-refractivity contribution in [3.05, 3.63) is 54.1 Å². The SMILES string of the molecule is O=C(Nc1cccnc1)C1NNC2CCC(c3cncc(CN4CC(CO)(CO)C4)c3)CC21. The van der Waals surface area contributed by atoms with E-state index in [2.05, 4.69) is 37.1 Å². The van der Waals surface area contributed by atoms with Gasteiger partial charge in [-0.2, -0.15) is 0 Å². The van der Waals surface area contributed by atoms with E-state index in [4.69, 9.17) is 0 Å². The number of hydrazine groups is 1. The predicted molar refractivity (Wildman–Crippen MR) is 123 cm³/mol. The number of nitrogens with zero attached hydrogens (tertiary/aromatic N) is 3. The quantitative estimate of drug-likeness (QED) is 0.415. The number of aliphatic hydroxyl groups is 2. The third-order valence-corrected chi connectivity index (χ3v) is 7.45. The molecule has 0 spiro atoms. The molecule has 2 aromatic rings. The number of likely N-dealkylation sites (tertiary alicyclic amines) is 1. The van der Waals surface area contributed by atoms with Gasteiger partial charge in [0.25, 0.3) is 0 Å². The molecule has 5 rings (SSSR count). The Bertz CT molecular complexity index is 962. The normalized spacial score (nSPS) is 28.7. The molecule has 0 radical (unpaired) electrons. The monoisotopic (exact) mass is 452 g/mol. The highest BCUT2D eigenvalue weighted by molar-refractivity contribution is 5.95. The molecule has 1 amide bonds. The second kappa shape index (κ2) is 9.44. The van der Waals surface area contributed by atoms with Crippen LogP contribution >= 0.6 is 0 Å². The molecule has 176 valence electrons. The van der Waals surface area contributed by atoms with E-state index in [1.807, 2.05) is 24.5 Å². The van der Waals surface area contributed by atoms with Gasteiger partial charge in [0.15, 0.2) is 0 Å². The molecule has 0 bridgehead atoms. The largest absolute Gasteiger partial charge is 0.396 e. The molecule has 1 aliphatic carbocycles. The lowest BCUT2D eigenvalue weighted by atomic mass is 9.73. The first-order valence-electron chi connectivity index (χ1n) is 11.7. The minimum absolute atomic E-state index is 0.0144. The first kappa shape index (κ1) is 22.4. The van der Waals surface area contributed by atoms with Crippen molar-refractivity contribution in [2.45, 2.75) is 43.8 Å². The molecule has 3 fully saturated rings. The topological polar surface area (TPSA) is 123 Å². The van der Waals surface area contributed by atoms with E-state index in [-0.39, 0.29) is 42.5 Å². The van der Waals surface area contributed by atoms with E-state index in [9.17, 15) is 15.0 Å². The molecule has 33 heavy (non-hydrogen) atoms. The van der Waals surface area contributed by atoms with Gasteiger partial charge in [0, 0.05) is 55.6 Å². The van der Waals surface area contributed by atoms with E-state index >= 15 is 0 Å². The molecule has 2 aliphatic heterocycles. The fraction of sp³-hybridized carbons (Fsp3) is 0.542. The Morgan fingerprint density at radius 1 is 1.15 bits per heavy atom. The third kappa shape index (κ3) is 4.64. The molecule has 2 aromatic heterocycles. The van der Waals surface area contributed by atoms with Gasteiger partial charge < -0.3 is 15.5 Å². The number of pyridine rings is 2. The zero-order chi connectivity index (χ0) is 22.8. The standard InChI is InChI=1S/C24H32N6O3/c31-14-24(15-32)12-30(13-24)11-16-6-18(9-26-8-16)17-3-4-21-20(7-17)22(29-28-21)23(33)27-19-2-1-5-25-10-19/h1-2,5-6,8-10,17,20-22,28-29,31-32H,3-4,7,11-15H2,(H,27,33). The number of carbonyl (C=O) groups excluding carboxylic acids is 1. The van der Waals surface area contributed by atoms with Gasteiger partial charge in [0.2, 0.25) is 5.91 Å². The van der Waals surface area contributed by atoms with Gasteiger partial charge in [-0.05, 0) is 48.4 Å². The maximum atomic E-state index is 12.9. The smallest absolute Gasteiger partial charge is 0.243 e. The van der Waals surface area contributed by atoms with Crippen LogP contribution in [-0.2, 0) is 11.3 Å². The number of rotatable bonds is 7. The van der Waals surface area contributed by atoms with Crippen LogP contribution in [0.1, 0.15) is 36.3 Å². The van der Waals surface area contributed by atoms with Gasteiger partial charge >= 0.3 is 0 Å². The van der Waals surface area contributed by atoms with Crippen LogP contribution in [0.3, 0.4) is 0 Å². The lowest BCUT2D eigenvalue weighted by Gasteiger charge is -2.48. The van der Waals surface area contributed by atoms with Crippen molar-refractivity contribution in [2.24, 2.45) is 11.3 Å². The molecule has 4 atom stereocenters. The number of aromatic nitrogens is 2. The molecule has 9 heteroatoms. The number of carbonyl (C=O) groups is 1. The highest BCUT2D eigenvalue weighted by Crippen LogP contribution is 2.40. The minimum atomic E-state index is -0.364. The number of amides is 1. The van der Waals surface area contributed by atoms with Crippen molar-refractivity contribution in [1.82, 2.24) is 25.7 Å². The summed E-state index contributed by atoms with van der Waals surface area (Å²) in [5.74, 6) is 0.526. The molecular weight excluding hydrogens is 420 g/mol. The van der Waals surface area contributed by atoms with Crippen molar-refractivity contribution in [1.29, 1.82) is 0 Å². The summed E-state index contributed by atoms with van der Waals surface area (Å²) >= 11 is 0. The van der Waals surface area contributed by atoms with E-state index in [0.29, 0.717) is 24.7 Å².